The first-order chi connectivity index (χ1) is 16.8. The lowest BCUT2D eigenvalue weighted by atomic mass is 9.99. The van der Waals surface area contributed by atoms with Crippen molar-refractivity contribution in [3.8, 4) is 23.0 Å². The number of ether oxygens (including phenoxy) is 5. The van der Waals surface area contributed by atoms with Gasteiger partial charge in [-0.2, -0.15) is 0 Å². The maximum atomic E-state index is 12.0. The molecule has 11 nitrogen and oxygen atoms in total. The highest BCUT2D eigenvalue weighted by Crippen LogP contribution is 2.32. The summed E-state index contributed by atoms with van der Waals surface area (Å²) in [6, 6.07) is 9.46. The molecule has 4 rings (SSSR count). The van der Waals surface area contributed by atoms with E-state index in [-0.39, 0.29) is 24.9 Å². The number of hydrogen-bond acceptors (Lipinski definition) is 11. The van der Waals surface area contributed by atoms with Crippen LogP contribution in [0.1, 0.15) is 11.1 Å². The van der Waals surface area contributed by atoms with Crippen LogP contribution in [0.4, 0.5) is 0 Å². The number of carbonyl (C=O) groups excluding carboxylic acids is 1. The topological polar surface area (TPSA) is 164 Å². The van der Waals surface area contributed by atoms with Gasteiger partial charge in [0.2, 0.25) is 6.79 Å². The summed E-state index contributed by atoms with van der Waals surface area (Å²) < 4.78 is 26.8. The van der Waals surface area contributed by atoms with Gasteiger partial charge in [-0.15, -0.1) is 0 Å². The molecule has 0 aliphatic carbocycles. The Kier molecular flexibility index (Phi) is 7.73. The Balaban J connectivity index is 1.27. The maximum absolute atomic E-state index is 12.0. The van der Waals surface area contributed by atoms with E-state index >= 15 is 0 Å². The number of phenols is 2. The van der Waals surface area contributed by atoms with Crippen LogP contribution in [0.3, 0.4) is 0 Å². The van der Waals surface area contributed by atoms with Gasteiger partial charge in [-0.3, -0.25) is 0 Å². The first-order valence-corrected chi connectivity index (χ1v) is 10.9. The number of rotatable bonds is 8. The maximum Gasteiger partial charge on any atom is 0.330 e. The van der Waals surface area contributed by atoms with Gasteiger partial charge in [-0.25, -0.2) is 4.79 Å². The average Bonchev–Trinajstić information content (AvgIpc) is 3.32. The van der Waals surface area contributed by atoms with Gasteiger partial charge >= 0.3 is 5.97 Å². The summed E-state index contributed by atoms with van der Waals surface area (Å²) in [7, 11) is 0. The van der Waals surface area contributed by atoms with Crippen LogP contribution in [0.15, 0.2) is 42.5 Å². The minimum Gasteiger partial charge on any atom is -0.504 e. The number of hydrogen-bond donors (Lipinski definition) is 5. The molecule has 0 spiro atoms. The standard InChI is InChI=1S/C24H26O11/c25-15-4-1-13(9-16(15)26)3-6-20(27)32-11-19-21(28)22(29)23(30)24(35-19)31-8-7-14-2-5-17-18(10-14)34-12-33-17/h1-6,9-10,19,21-26,28-30H,7-8,11-12H2/t19-,21-,22+,23-,24-/m1/s1. The zero-order valence-electron chi connectivity index (χ0n) is 18.5. The second-order valence-electron chi connectivity index (χ2n) is 8.03. The van der Waals surface area contributed by atoms with Crippen molar-refractivity contribution in [3.05, 3.63) is 53.6 Å². The summed E-state index contributed by atoms with van der Waals surface area (Å²) in [5, 5.41) is 49.4. The van der Waals surface area contributed by atoms with Crippen molar-refractivity contribution in [1.29, 1.82) is 0 Å². The Hall–Kier alpha value is -3.35. The summed E-state index contributed by atoms with van der Waals surface area (Å²) in [6.07, 6.45) is -4.06. The number of aliphatic hydroxyl groups excluding tert-OH is 3. The number of benzene rings is 2. The third-order valence-corrected chi connectivity index (χ3v) is 5.58. The molecule has 2 aromatic rings. The van der Waals surface area contributed by atoms with Gasteiger partial charge in [0.25, 0.3) is 0 Å². The molecule has 2 aliphatic rings. The molecule has 2 heterocycles. The second kappa shape index (κ2) is 10.9. The third-order valence-electron chi connectivity index (χ3n) is 5.58. The van der Waals surface area contributed by atoms with E-state index in [9.17, 15) is 30.3 Å². The van der Waals surface area contributed by atoms with E-state index in [1.807, 2.05) is 12.1 Å². The van der Waals surface area contributed by atoms with Crippen LogP contribution in [-0.2, 0) is 25.4 Å². The fraction of sp³-hybridized carbons (Fsp3) is 0.375. The molecular weight excluding hydrogens is 464 g/mol. The Bertz CT molecular complexity index is 1070. The van der Waals surface area contributed by atoms with E-state index in [1.54, 1.807) is 6.07 Å². The van der Waals surface area contributed by atoms with Gasteiger partial charge in [-0.05, 0) is 47.9 Å². The Morgan fingerprint density at radius 3 is 2.57 bits per heavy atom. The highest BCUT2D eigenvalue weighted by molar-refractivity contribution is 5.87. The zero-order valence-corrected chi connectivity index (χ0v) is 18.5. The van der Waals surface area contributed by atoms with Crippen molar-refractivity contribution < 1.29 is 54.0 Å². The molecule has 2 aliphatic heterocycles. The van der Waals surface area contributed by atoms with Gasteiger partial charge in [0.15, 0.2) is 29.3 Å². The smallest absolute Gasteiger partial charge is 0.330 e. The van der Waals surface area contributed by atoms with Crippen LogP contribution in [0.5, 0.6) is 23.0 Å². The Morgan fingerprint density at radius 1 is 0.971 bits per heavy atom. The average molecular weight is 490 g/mol. The summed E-state index contributed by atoms with van der Waals surface area (Å²) >= 11 is 0. The minimum absolute atomic E-state index is 0.138. The second-order valence-corrected chi connectivity index (χ2v) is 8.03. The molecule has 35 heavy (non-hydrogen) atoms. The van der Waals surface area contributed by atoms with E-state index < -0.39 is 43.3 Å². The quantitative estimate of drug-likeness (QED) is 0.198. The third kappa shape index (κ3) is 6.02. The first kappa shape index (κ1) is 24.8. The van der Waals surface area contributed by atoms with Gasteiger partial charge in [0.05, 0.1) is 6.61 Å². The number of fused-ring (bicyclic) bond motifs is 1. The molecular formula is C24H26O11. The van der Waals surface area contributed by atoms with Gasteiger partial charge in [0.1, 0.15) is 31.0 Å². The normalized spacial score (nSPS) is 25.6. The molecule has 0 amide bonds. The fourth-order valence-corrected chi connectivity index (χ4v) is 3.60. The molecule has 0 bridgehead atoms. The molecule has 188 valence electrons. The predicted octanol–water partition coefficient (Wildman–Crippen LogP) is 0.450. The fourth-order valence-electron chi connectivity index (χ4n) is 3.60. The number of aliphatic hydroxyl groups is 3. The molecule has 0 radical (unpaired) electrons. The summed E-state index contributed by atoms with van der Waals surface area (Å²) in [5.74, 6) is -0.105. The SMILES string of the molecule is O=C(C=Cc1ccc(O)c(O)c1)OC[C@H]1O[C@@H](OCCc2ccc3c(c2)OCO3)[C@H](O)[C@@H](O)[C@@H]1O. The van der Waals surface area contributed by atoms with Crippen molar-refractivity contribution in [2.45, 2.75) is 37.1 Å². The van der Waals surface area contributed by atoms with E-state index in [0.717, 1.165) is 11.6 Å². The van der Waals surface area contributed by atoms with Crippen molar-refractivity contribution in [1.82, 2.24) is 0 Å². The van der Waals surface area contributed by atoms with Crippen LogP contribution < -0.4 is 9.47 Å². The van der Waals surface area contributed by atoms with E-state index in [0.29, 0.717) is 23.5 Å². The Labute approximate surface area is 200 Å². The number of carbonyl (C=O) groups is 1. The molecule has 5 N–H and O–H groups in total. The van der Waals surface area contributed by atoms with Crippen LogP contribution in [0, 0.1) is 0 Å². The number of phenolic OH excluding ortho intramolecular Hbond substituents is 2. The Morgan fingerprint density at radius 2 is 1.77 bits per heavy atom. The monoisotopic (exact) mass is 490 g/mol. The largest absolute Gasteiger partial charge is 0.504 e. The highest BCUT2D eigenvalue weighted by atomic mass is 16.7. The lowest BCUT2D eigenvalue weighted by Crippen LogP contribution is -2.59. The zero-order chi connectivity index (χ0) is 24.9. The van der Waals surface area contributed by atoms with Crippen LogP contribution in [0.2, 0.25) is 0 Å². The van der Waals surface area contributed by atoms with E-state index in [4.69, 9.17) is 23.7 Å². The van der Waals surface area contributed by atoms with Gasteiger partial charge < -0.3 is 49.2 Å². The first-order valence-electron chi connectivity index (χ1n) is 10.9. The lowest BCUT2D eigenvalue weighted by molar-refractivity contribution is -0.301. The van der Waals surface area contributed by atoms with E-state index in [1.165, 1.54) is 24.3 Å². The highest BCUT2D eigenvalue weighted by Gasteiger charge is 2.44. The molecule has 5 atom stereocenters. The van der Waals surface area contributed by atoms with Crippen molar-refractivity contribution in [3.63, 3.8) is 0 Å². The van der Waals surface area contributed by atoms with Crippen molar-refractivity contribution in [2.75, 3.05) is 20.0 Å². The minimum atomic E-state index is -1.57. The summed E-state index contributed by atoms with van der Waals surface area (Å²) in [6.45, 7) is -0.102. The van der Waals surface area contributed by atoms with Crippen LogP contribution in [-0.4, -0.2) is 82.2 Å². The van der Waals surface area contributed by atoms with Crippen molar-refractivity contribution in [2.24, 2.45) is 0 Å². The lowest BCUT2D eigenvalue weighted by Gasteiger charge is -2.39. The molecule has 1 fully saturated rings. The summed E-state index contributed by atoms with van der Waals surface area (Å²) in [5.41, 5.74) is 1.35. The van der Waals surface area contributed by atoms with E-state index in [2.05, 4.69) is 0 Å². The van der Waals surface area contributed by atoms with Gasteiger partial charge in [-0.1, -0.05) is 12.1 Å². The number of aromatic hydroxyl groups is 2. The number of esters is 1. The molecule has 0 saturated carbocycles. The molecule has 0 aromatic heterocycles. The molecule has 2 aromatic carbocycles. The van der Waals surface area contributed by atoms with Crippen molar-refractivity contribution >= 4 is 12.0 Å². The van der Waals surface area contributed by atoms with Crippen LogP contribution in [0.25, 0.3) is 6.08 Å². The molecule has 11 heteroatoms. The van der Waals surface area contributed by atoms with Gasteiger partial charge in [0, 0.05) is 6.08 Å². The predicted molar refractivity (Wildman–Crippen MR) is 119 cm³/mol. The van der Waals surface area contributed by atoms with Crippen LogP contribution >= 0.6 is 0 Å². The molecule has 1 saturated heterocycles. The summed E-state index contributed by atoms with van der Waals surface area (Å²) in [4.78, 5) is 12.0. The molecule has 0 unspecified atom stereocenters.